The average Bonchev–Trinajstić information content (AvgIpc) is 1.14. The van der Waals surface area contributed by atoms with Crippen molar-refractivity contribution < 1.29 is 28.7 Å². The quantitative estimate of drug-likeness (QED) is 0.322. The second-order valence-corrected chi connectivity index (χ2v) is 5.26. The summed E-state index contributed by atoms with van der Waals surface area (Å²) in [7, 11) is -9.10. The van der Waals surface area contributed by atoms with Crippen LogP contribution in [0, 0.1) is 0 Å². The molecule has 0 spiro atoms. The van der Waals surface area contributed by atoms with Crippen molar-refractivity contribution in [2.24, 2.45) is 0 Å². The Morgan fingerprint density at radius 2 is 1.10 bits per heavy atom. The third-order valence-electron chi connectivity index (χ3n) is 0.368. The summed E-state index contributed by atoms with van der Waals surface area (Å²) in [6.45, 7) is 0. The molecular weight excluding hydrogens is 181 g/mol. The van der Waals surface area contributed by atoms with Gasteiger partial charge in [0, 0.05) is 8.41 Å². The Hall–Kier alpha value is 0.365. The zero-order valence-corrected chi connectivity index (χ0v) is 6.57. The lowest BCUT2D eigenvalue weighted by Gasteiger charge is -2.03. The van der Waals surface area contributed by atoms with Gasteiger partial charge in [0.15, 0.2) is 5.90 Å². The van der Waals surface area contributed by atoms with Gasteiger partial charge in [0.05, 0.1) is 0 Å². The van der Waals surface area contributed by atoms with Crippen molar-refractivity contribution in [2.75, 3.05) is 5.90 Å². The van der Waals surface area contributed by atoms with Crippen molar-refractivity contribution in [3.8, 4) is 0 Å². The Morgan fingerprint density at radius 1 is 0.900 bits per heavy atom. The Labute approximate surface area is 59.2 Å². The molecule has 0 heterocycles. The van der Waals surface area contributed by atoms with Gasteiger partial charge in [-0.25, -0.2) is 0 Å². The van der Waals surface area contributed by atoms with Gasteiger partial charge in [-0.1, -0.05) is 0 Å². The highest BCUT2D eigenvalue weighted by Gasteiger charge is 2.26. The summed E-state index contributed by atoms with van der Waals surface area (Å²) in [5.74, 6) is -1.38. The third-order valence-corrected chi connectivity index (χ3v) is 3.32. The predicted octanol–water partition coefficient (Wildman–Crippen LogP) is -1.08. The van der Waals surface area contributed by atoms with Crippen LogP contribution in [0.15, 0.2) is 0 Å². The van der Waals surface area contributed by atoms with Gasteiger partial charge in [-0.05, 0) is 0 Å². The normalized spacial score (nSPS) is 12.4. The largest absolute Gasteiger partial charge is 0.337 e. The summed E-state index contributed by atoms with van der Waals surface area (Å²) in [6.07, 6.45) is 0. The minimum absolute atomic E-state index is 0. The summed E-state index contributed by atoms with van der Waals surface area (Å²) in [6, 6.07) is 0. The smallest absolute Gasteiger partial charge is 0.324 e. The van der Waals surface area contributed by atoms with Gasteiger partial charge < -0.3 is 19.6 Å². The van der Waals surface area contributed by atoms with E-state index in [0.29, 0.717) is 0 Å². The summed E-state index contributed by atoms with van der Waals surface area (Å²) in [5, 5.41) is 0. The second-order valence-electron chi connectivity index (χ2n) is 1.47. The molecule has 0 aromatic carbocycles. The van der Waals surface area contributed by atoms with Gasteiger partial charge in [0.25, 0.3) is 0 Å². The highest BCUT2D eigenvalue weighted by molar-refractivity contribution is 7.69. The minimum Gasteiger partial charge on any atom is -0.324 e. The maximum atomic E-state index is 9.85. The minimum atomic E-state index is -4.55. The molecular formula is CH6BO6P2. The predicted molar refractivity (Wildman–Crippen MR) is 34.7 cm³/mol. The molecule has 0 unspecified atom stereocenters. The van der Waals surface area contributed by atoms with Crippen LogP contribution in [0.2, 0.25) is 0 Å². The molecule has 9 heteroatoms. The Morgan fingerprint density at radius 3 is 1.10 bits per heavy atom. The maximum Gasteiger partial charge on any atom is 0.337 e. The van der Waals surface area contributed by atoms with Gasteiger partial charge in [0.1, 0.15) is 0 Å². The van der Waals surface area contributed by atoms with Crippen molar-refractivity contribution in [1.82, 2.24) is 0 Å². The van der Waals surface area contributed by atoms with E-state index in [9.17, 15) is 9.13 Å². The van der Waals surface area contributed by atoms with E-state index in [-0.39, 0.29) is 8.41 Å². The highest BCUT2D eigenvalue weighted by Crippen LogP contribution is 2.51. The lowest BCUT2D eigenvalue weighted by molar-refractivity contribution is 0.357. The molecule has 0 amide bonds. The first-order valence-corrected chi connectivity index (χ1v) is 5.39. The van der Waals surface area contributed by atoms with Crippen LogP contribution in [0.3, 0.4) is 0 Å². The molecule has 0 aromatic heterocycles. The van der Waals surface area contributed by atoms with Gasteiger partial charge >= 0.3 is 15.2 Å². The summed E-state index contributed by atoms with van der Waals surface area (Å²) in [5.41, 5.74) is 0. The van der Waals surface area contributed by atoms with E-state index >= 15 is 0 Å². The van der Waals surface area contributed by atoms with Gasteiger partial charge in [0.2, 0.25) is 0 Å². The number of rotatable bonds is 2. The molecule has 0 bridgehead atoms. The molecule has 0 atom stereocenters. The second kappa shape index (κ2) is 3.67. The van der Waals surface area contributed by atoms with Crippen molar-refractivity contribution >= 4 is 23.6 Å². The summed E-state index contributed by atoms with van der Waals surface area (Å²) < 4.78 is 19.7. The topological polar surface area (TPSA) is 115 Å². The van der Waals surface area contributed by atoms with Crippen molar-refractivity contribution in [2.45, 2.75) is 0 Å². The SMILES string of the molecule is O=P(O)(O)CP(=O)(O)O.[B]. The molecule has 0 saturated heterocycles. The Bertz CT molecular complexity index is 156. The fourth-order valence-electron chi connectivity index (χ4n) is 0.240. The third kappa shape index (κ3) is 11.2. The zero-order valence-electron chi connectivity index (χ0n) is 4.78. The maximum absolute atomic E-state index is 9.85. The first-order chi connectivity index (χ1) is 3.71. The van der Waals surface area contributed by atoms with Gasteiger partial charge in [-0.2, -0.15) is 0 Å². The Balaban J connectivity index is 0. The van der Waals surface area contributed by atoms with E-state index in [1.54, 1.807) is 0 Å². The van der Waals surface area contributed by atoms with Crippen molar-refractivity contribution in [1.29, 1.82) is 0 Å². The molecule has 0 saturated carbocycles. The summed E-state index contributed by atoms with van der Waals surface area (Å²) in [4.78, 5) is 31.9. The van der Waals surface area contributed by atoms with Crippen LogP contribution < -0.4 is 0 Å². The van der Waals surface area contributed by atoms with Crippen LogP contribution in [0.5, 0.6) is 0 Å². The molecule has 0 aromatic rings. The van der Waals surface area contributed by atoms with Crippen molar-refractivity contribution in [3.63, 3.8) is 0 Å². The highest BCUT2D eigenvalue weighted by atomic mass is 31.2. The van der Waals surface area contributed by atoms with Crippen LogP contribution in [-0.4, -0.2) is 33.9 Å². The van der Waals surface area contributed by atoms with E-state index < -0.39 is 21.1 Å². The Kier molecular flexibility index (Phi) is 4.77. The molecule has 0 aliphatic rings. The van der Waals surface area contributed by atoms with Crippen molar-refractivity contribution in [3.05, 3.63) is 0 Å². The number of hydrogen-bond acceptors (Lipinski definition) is 2. The first-order valence-electron chi connectivity index (χ1n) is 1.80. The van der Waals surface area contributed by atoms with E-state index in [4.69, 9.17) is 19.6 Å². The molecule has 0 aliphatic heterocycles. The van der Waals surface area contributed by atoms with Crippen LogP contribution in [-0.2, 0) is 9.13 Å². The first kappa shape index (κ1) is 13.0. The van der Waals surface area contributed by atoms with E-state index in [2.05, 4.69) is 0 Å². The molecule has 0 fully saturated rings. The lowest BCUT2D eigenvalue weighted by Crippen LogP contribution is -1.88. The van der Waals surface area contributed by atoms with E-state index in [1.165, 1.54) is 0 Å². The molecule has 10 heavy (non-hydrogen) atoms. The monoisotopic (exact) mass is 187 g/mol. The molecule has 3 radical (unpaired) electrons. The molecule has 4 N–H and O–H groups in total. The molecule has 0 rings (SSSR count). The van der Waals surface area contributed by atoms with E-state index in [0.717, 1.165) is 0 Å². The average molecular weight is 187 g/mol. The van der Waals surface area contributed by atoms with Crippen LogP contribution in [0.1, 0.15) is 0 Å². The van der Waals surface area contributed by atoms with Crippen LogP contribution >= 0.6 is 15.2 Å². The van der Waals surface area contributed by atoms with E-state index in [1.807, 2.05) is 0 Å². The fourth-order valence-corrected chi connectivity index (χ4v) is 2.16. The molecule has 0 aliphatic carbocycles. The summed E-state index contributed by atoms with van der Waals surface area (Å²) >= 11 is 0. The molecule has 6 nitrogen and oxygen atoms in total. The van der Waals surface area contributed by atoms with Gasteiger partial charge in [-0.3, -0.25) is 9.13 Å². The molecule has 59 valence electrons. The number of hydrogen-bond donors (Lipinski definition) is 4. The van der Waals surface area contributed by atoms with Gasteiger partial charge in [-0.15, -0.1) is 0 Å². The standard InChI is InChI=1S/CH6O6P2.B/c2-8(3,4)1-9(5,6)7;/h1H2,(H2,2,3,4)(H2,5,6,7);. The van der Waals surface area contributed by atoms with Crippen LogP contribution in [0.4, 0.5) is 0 Å². The fraction of sp³-hybridized carbons (Fsp3) is 1.00. The van der Waals surface area contributed by atoms with Crippen LogP contribution in [0.25, 0.3) is 0 Å². The lowest BCUT2D eigenvalue weighted by atomic mass is 10.8. The zero-order chi connectivity index (χ0) is 7.71.